The molecule has 0 radical (unpaired) electrons. The number of hydrogen-bond acceptors (Lipinski definition) is 0. The van der Waals surface area contributed by atoms with Crippen molar-refractivity contribution in [3.63, 3.8) is 0 Å². The smallest absolute Gasteiger partial charge is 1.00 e. The molecule has 0 aromatic carbocycles. The maximum atomic E-state index is 0. The van der Waals surface area contributed by atoms with Gasteiger partial charge in [-0.2, -0.15) is 0 Å². The van der Waals surface area contributed by atoms with E-state index in [1.807, 2.05) is 0 Å². The Balaban J connectivity index is 0. The summed E-state index contributed by atoms with van der Waals surface area (Å²) in [6.45, 7) is 0. The van der Waals surface area contributed by atoms with Crippen LogP contribution >= 0.6 is 0 Å². The SMILES string of the molecule is [Br-].[Cl-].[I-].[K+].[K+].[K+]. The second-order valence-electron chi connectivity index (χ2n) is 0. The predicted octanol–water partition coefficient (Wildman–Crippen LogP) is -18.0. The number of rotatable bonds is 0. The molecular weight excluding hydrogens is 360 g/mol. The molecule has 0 heterocycles. The minimum atomic E-state index is 0. The summed E-state index contributed by atoms with van der Waals surface area (Å²) < 4.78 is 0. The Kier molecular flexibility index (Phi) is 197. The van der Waals surface area contributed by atoms with E-state index in [1.54, 1.807) is 0 Å². The fourth-order valence-electron chi connectivity index (χ4n) is 0. The van der Waals surface area contributed by atoms with E-state index in [1.165, 1.54) is 0 Å². The van der Waals surface area contributed by atoms with E-state index in [9.17, 15) is 0 Å². The van der Waals surface area contributed by atoms with Gasteiger partial charge in [-0.25, -0.2) is 0 Å². The molecule has 6 heavy (non-hydrogen) atoms. The van der Waals surface area contributed by atoms with Crippen molar-refractivity contribution in [1.82, 2.24) is 0 Å². The van der Waals surface area contributed by atoms with Gasteiger partial charge in [-0.1, -0.05) is 0 Å². The van der Waals surface area contributed by atoms with Crippen molar-refractivity contribution in [3.8, 4) is 0 Å². The van der Waals surface area contributed by atoms with E-state index >= 15 is 0 Å². The molecule has 0 unspecified atom stereocenters. The molecule has 0 N–H and O–H groups in total. The standard InChI is InChI=1S/BrH.ClH.HI.3K/h3*1H;;;/q;;;3*+1/p-3. The van der Waals surface area contributed by atoms with Crippen LogP contribution < -0.4 is 208 Å². The maximum absolute atomic E-state index is 0. The van der Waals surface area contributed by atoms with Crippen molar-refractivity contribution in [1.29, 1.82) is 0 Å². The summed E-state index contributed by atoms with van der Waals surface area (Å²) in [5.41, 5.74) is 0. The van der Waals surface area contributed by atoms with E-state index in [0.717, 1.165) is 0 Å². The summed E-state index contributed by atoms with van der Waals surface area (Å²) in [6.07, 6.45) is 0. The summed E-state index contributed by atoms with van der Waals surface area (Å²) in [7, 11) is 0. The Hall–Kier alpha value is 6.41. The van der Waals surface area contributed by atoms with Crippen LogP contribution in [-0.4, -0.2) is 0 Å². The molecule has 24 valence electrons. The van der Waals surface area contributed by atoms with Gasteiger partial charge in [-0.05, 0) is 0 Å². The van der Waals surface area contributed by atoms with E-state index in [-0.39, 0.29) is 208 Å². The van der Waals surface area contributed by atoms with E-state index < -0.39 is 0 Å². The zero-order valence-corrected chi connectivity index (χ0v) is 18.0. The van der Waals surface area contributed by atoms with Gasteiger partial charge in [0.05, 0.1) is 0 Å². The second-order valence-corrected chi connectivity index (χ2v) is 0. The van der Waals surface area contributed by atoms with Gasteiger partial charge in [-0.3, -0.25) is 0 Å². The van der Waals surface area contributed by atoms with Crippen LogP contribution in [0.15, 0.2) is 0 Å². The molecule has 0 nitrogen and oxygen atoms in total. The molecule has 6 heteroatoms. The average molecular weight is 360 g/mol. The first-order valence-electron chi connectivity index (χ1n) is 0. The molecule has 0 bridgehead atoms. The Morgan fingerprint density at radius 2 is 0.667 bits per heavy atom. The van der Waals surface area contributed by atoms with Crippen LogP contribution in [0, 0.1) is 0 Å². The molecule has 0 fully saturated rings. The summed E-state index contributed by atoms with van der Waals surface area (Å²) in [5.74, 6) is 0. The molecule has 0 atom stereocenters. The molecule has 0 saturated heterocycles. The van der Waals surface area contributed by atoms with Crippen molar-refractivity contribution in [2.24, 2.45) is 0 Å². The predicted molar refractivity (Wildman–Crippen MR) is 0 cm³/mol. The molecule has 0 amide bonds. The monoisotopic (exact) mass is 358 g/mol. The van der Waals surface area contributed by atoms with Gasteiger partial charge < -0.3 is 53.4 Å². The largest absolute Gasteiger partial charge is 1.00 e. The third-order valence-electron chi connectivity index (χ3n) is 0. The van der Waals surface area contributed by atoms with Crippen molar-refractivity contribution in [2.45, 2.75) is 0 Å². The van der Waals surface area contributed by atoms with E-state index in [0.29, 0.717) is 0 Å². The van der Waals surface area contributed by atoms with Crippen LogP contribution in [0.25, 0.3) is 0 Å². The fourth-order valence-corrected chi connectivity index (χ4v) is 0. The molecule has 0 aromatic heterocycles. The first-order valence-corrected chi connectivity index (χ1v) is 0. The third kappa shape index (κ3) is 22.4. The van der Waals surface area contributed by atoms with Crippen LogP contribution in [-0.2, 0) is 0 Å². The van der Waals surface area contributed by atoms with Crippen LogP contribution in [0.5, 0.6) is 0 Å². The topological polar surface area (TPSA) is 0 Å². The summed E-state index contributed by atoms with van der Waals surface area (Å²) in [4.78, 5) is 0. The third-order valence-corrected chi connectivity index (χ3v) is 0. The molecule has 0 aliphatic heterocycles. The zero-order chi connectivity index (χ0) is 0. The maximum Gasteiger partial charge on any atom is 1.00 e. The van der Waals surface area contributed by atoms with Crippen molar-refractivity contribution < 1.29 is 208 Å². The van der Waals surface area contributed by atoms with Gasteiger partial charge in [-0.15, -0.1) is 0 Å². The van der Waals surface area contributed by atoms with E-state index in [2.05, 4.69) is 0 Å². The first-order chi connectivity index (χ1) is 0. The molecule has 0 spiro atoms. The van der Waals surface area contributed by atoms with Gasteiger partial charge in [0.1, 0.15) is 0 Å². The summed E-state index contributed by atoms with van der Waals surface area (Å²) >= 11 is 0. The minimum Gasteiger partial charge on any atom is -1.00 e. The molecule has 0 saturated carbocycles. The van der Waals surface area contributed by atoms with Crippen molar-refractivity contribution in [3.05, 3.63) is 0 Å². The first kappa shape index (κ1) is 39.3. The normalized spacial score (nSPS) is 0. The fraction of sp³-hybridized carbons (Fsp3) is 0. The van der Waals surface area contributed by atoms with Gasteiger partial charge in [0.25, 0.3) is 0 Å². The van der Waals surface area contributed by atoms with Crippen molar-refractivity contribution >= 4 is 0 Å². The zero-order valence-electron chi connectivity index (χ0n) is 4.13. The minimum absolute atomic E-state index is 0. The quantitative estimate of drug-likeness (QED) is 0.298. The van der Waals surface area contributed by atoms with Crippen LogP contribution in [0.4, 0.5) is 0 Å². The summed E-state index contributed by atoms with van der Waals surface area (Å²) in [6, 6.07) is 0. The Bertz CT molecular complexity index is 10.8. The second kappa shape index (κ2) is 30.1. The Morgan fingerprint density at radius 1 is 0.667 bits per heavy atom. The van der Waals surface area contributed by atoms with E-state index in [4.69, 9.17) is 0 Å². The van der Waals surface area contributed by atoms with Gasteiger partial charge >= 0.3 is 154 Å². The Labute approximate surface area is 200 Å². The molecule has 0 aromatic rings. The van der Waals surface area contributed by atoms with Crippen molar-refractivity contribution in [2.75, 3.05) is 0 Å². The average Bonchev–Trinajstić information content (AvgIpc) is 0. The van der Waals surface area contributed by atoms with Crippen LogP contribution in [0.1, 0.15) is 0 Å². The number of hydrogen-bond donors (Lipinski definition) is 0. The van der Waals surface area contributed by atoms with Crippen LogP contribution in [0.2, 0.25) is 0 Å². The number of halogens is 3. The molecule has 0 rings (SSSR count). The van der Waals surface area contributed by atoms with Crippen LogP contribution in [0.3, 0.4) is 0 Å². The molecule has 0 aliphatic carbocycles. The summed E-state index contributed by atoms with van der Waals surface area (Å²) in [5, 5.41) is 0. The van der Waals surface area contributed by atoms with Gasteiger partial charge in [0.15, 0.2) is 0 Å². The molecule has 0 aliphatic rings. The van der Waals surface area contributed by atoms with Gasteiger partial charge in [0, 0.05) is 0 Å². The van der Waals surface area contributed by atoms with Gasteiger partial charge in [0.2, 0.25) is 0 Å². The Morgan fingerprint density at radius 3 is 0.667 bits per heavy atom. The molecular formula is BrClIK3.